The lowest BCUT2D eigenvalue weighted by Crippen LogP contribution is -2.52. The lowest BCUT2D eigenvalue weighted by molar-refractivity contribution is -0.133. The molecular formula is C27H31N3O4S. The number of carbonyl (C=O) groups is 1. The van der Waals surface area contributed by atoms with Crippen LogP contribution >= 0.6 is 0 Å². The van der Waals surface area contributed by atoms with Crippen LogP contribution in [0.15, 0.2) is 89.8 Å². The summed E-state index contributed by atoms with van der Waals surface area (Å²) in [6, 6.07) is 27.0. The summed E-state index contributed by atoms with van der Waals surface area (Å²) >= 11 is 0. The van der Waals surface area contributed by atoms with E-state index in [2.05, 4.69) is 29.2 Å². The number of likely N-dealkylation sites (N-methyl/N-ethyl adjacent to an activating group) is 1. The first kappa shape index (κ1) is 24.9. The van der Waals surface area contributed by atoms with Crippen molar-refractivity contribution in [2.45, 2.75) is 10.9 Å². The van der Waals surface area contributed by atoms with Crippen LogP contribution in [0.4, 0.5) is 0 Å². The smallest absolute Gasteiger partial charge is 0.243 e. The Morgan fingerprint density at radius 3 is 1.86 bits per heavy atom. The molecule has 0 radical (unpaired) electrons. The molecule has 0 unspecified atom stereocenters. The van der Waals surface area contributed by atoms with Crippen molar-refractivity contribution in [3.05, 3.63) is 96.1 Å². The lowest BCUT2D eigenvalue weighted by atomic mass is 9.96. The molecule has 1 aliphatic rings. The molecule has 1 saturated heterocycles. The van der Waals surface area contributed by atoms with Crippen molar-refractivity contribution in [2.75, 3.05) is 46.9 Å². The van der Waals surface area contributed by atoms with Crippen LogP contribution < -0.4 is 4.74 Å². The first-order chi connectivity index (χ1) is 16.9. The third-order valence-electron chi connectivity index (χ3n) is 6.39. The van der Waals surface area contributed by atoms with Crippen molar-refractivity contribution in [3.63, 3.8) is 0 Å². The summed E-state index contributed by atoms with van der Waals surface area (Å²) in [5.41, 5.74) is 2.42. The summed E-state index contributed by atoms with van der Waals surface area (Å²) in [6.07, 6.45) is 0. The zero-order valence-electron chi connectivity index (χ0n) is 20.1. The first-order valence-corrected chi connectivity index (χ1v) is 13.1. The lowest BCUT2D eigenvalue weighted by Gasteiger charge is -2.40. The Labute approximate surface area is 207 Å². The van der Waals surface area contributed by atoms with Crippen molar-refractivity contribution in [1.29, 1.82) is 0 Å². The van der Waals surface area contributed by atoms with Crippen LogP contribution in [0.1, 0.15) is 17.2 Å². The third kappa shape index (κ3) is 5.73. The van der Waals surface area contributed by atoms with Gasteiger partial charge in [-0.1, -0.05) is 60.7 Å². The van der Waals surface area contributed by atoms with Crippen LogP contribution in [0.25, 0.3) is 0 Å². The highest BCUT2D eigenvalue weighted by Gasteiger charge is 2.30. The van der Waals surface area contributed by atoms with Gasteiger partial charge in [-0.2, -0.15) is 4.31 Å². The molecule has 3 aromatic carbocycles. The van der Waals surface area contributed by atoms with Gasteiger partial charge in [0.1, 0.15) is 5.75 Å². The minimum absolute atomic E-state index is 0.104. The van der Waals surface area contributed by atoms with Crippen LogP contribution in [0.5, 0.6) is 5.75 Å². The van der Waals surface area contributed by atoms with Crippen molar-refractivity contribution in [2.24, 2.45) is 0 Å². The van der Waals surface area contributed by atoms with E-state index in [-0.39, 0.29) is 23.4 Å². The molecule has 4 rings (SSSR count). The minimum atomic E-state index is -3.77. The van der Waals surface area contributed by atoms with E-state index in [1.807, 2.05) is 36.4 Å². The number of ether oxygens (including phenoxy) is 1. The summed E-state index contributed by atoms with van der Waals surface area (Å²) in [7, 11) is -0.811. The predicted molar refractivity (Wildman–Crippen MR) is 136 cm³/mol. The quantitative estimate of drug-likeness (QED) is 0.482. The summed E-state index contributed by atoms with van der Waals surface area (Å²) in [5, 5.41) is 0. The van der Waals surface area contributed by atoms with Gasteiger partial charge < -0.3 is 9.64 Å². The highest BCUT2D eigenvalue weighted by Crippen LogP contribution is 2.29. The molecule has 0 aromatic heterocycles. The third-order valence-corrected chi connectivity index (χ3v) is 8.21. The molecule has 3 aromatic rings. The van der Waals surface area contributed by atoms with Crippen LogP contribution in [0.2, 0.25) is 0 Å². The number of rotatable bonds is 8. The van der Waals surface area contributed by atoms with E-state index in [1.165, 1.54) is 37.4 Å². The predicted octanol–water partition coefficient (Wildman–Crippen LogP) is 3.25. The molecule has 0 spiro atoms. The summed E-state index contributed by atoms with van der Waals surface area (Å²) < 4.78 is 32.0. The monoisotopic (exact) mass is 493 g/mol. The largest absolute Gasteiger partial charge is 0.497 e. The first-order valence-electron chi connectivity index (χ1n) is 11.6. The number of nitrogens with zero attached hydrogens (tertiary/aromatic N) is 3. The number of sulfonamides is 1. The number of hydrogen-bond donors (Lipinski definition) is 0. The Kier molecular flexibility index (Phi) is 7.85. The zero-order chi connectivity index (χ0) is 24.8. The maximum Gasteiger partial charge on any atom is 0.243 e. The molecule has 7 nitrogen and oxygen atoms in total. The second-order valence-corrected chi connectivity index (χ2v) is 10.6. The van der Waals surface area contributed by atoms with Gasteiger partial charge in [-0.15, -0.1) is 0 Å². The molecule has 8 heteroatoms. The van der Waals surface area contributed by atoms with Crippen molar-refractivity contribution >= 4 is 15.9 Å². The van der Waals surface area contributed by atoms with Gasteiger partial charge in [0.2, 0.25) is 15.9 Å². The maximum atomic E-state index is 13.0. The number of hydrogen-bond acceptors (Lipinski definition) is 5. The molecule has 0 N–H and O–H groups in total. The number of amides is 1. The second kappa shape index (κ2) is 11.0. The Bertz CT molecular complexity index is 1170. The van der Waals surface area contributed by atoms with Gasteiger partial charge >= 0.3 is 0 Å². The summed E-state index contributed by atoms with van der Waals surface area (Å²) in [4.78, 5) is 17.3. The van der Waals surface area contributed by atoms with E-state index in [4.69, 9.17) is 4.74 Å². The van der Waals surface area contributed by atoms with Crippen LogP contribution in [-0.2, 0) is 14.8 Å². The average Bonchev–Trinajstić information content (AvgIpc) is 2.90. The van der Waals surface area contributed by atoms with E-state index < -0.39 is 10.0 Å². The van der Waals surface area contributed by atoms with Crippen molar-refractivity contribution < 1.29 is 17.9 Å². The molecule has 1 fully saturated rings. The highest BCUT2D eigenvalue weighted by molar-refractivity contribution is 7.89. The average molecular weight is 494 g/mol. The Morgan fingerprint density at radius 1 is 0.857 bits per heavy atom. The Morgan fingerprint density at radius 2 is 1.37 bits per heavy atom. The fourth-order valence-electron chi connectivity index (χ4n) is 4.42. The molecule has 0 saturated carbocycles. The van der Waals surface area contributed by atoms with Crippen LogP contribution in [0.3, 0.4) is 0 Å². The van der Waals surface area contributed by atoms with E-state index >= 15 is 0 Å². The number of carbonyl (C=O) groups excluding carboxylic acids is 1. The molecule has 35 heavy (non-hydrogen) atoms. The number of methoxy groups -OCH3 is 1. The van der Waals surface area contributed by atoms with Crippen LogP contribution in [-0.4, -0.2) is 75.3 Å². The standard InChI is InChI=1S/C27H31N3O4S/c1-28(35(32,33)25-15-13-24(34-2)14-16-25)21-26(31)29-17-19-30(20-18-29)27(22-9-5-3-6-10-22)23-11-7-4-8-12-23/h3-16,27H,17-21H2,1-2H3. The van der Waals surface area contributed by atoms with Gasteiger partial charge in [0.25, 0.3) is 0 Å². The normalized spacial score (nSPS) is 14.9. The molecule has 1 heterocycles. The topological polar surface area (TPSA) is 70.2 Å². The molecular weight excluding hydrogens is 462 g/mol. The van der Waals surface area contributed by atoms with Gasteiger partial charge in [0, 0.05) is 33.2 Å². The van der Waals surface area contributed by atoms with E-state index in [0.29, 0.717) is 31.9 Å². The van der Waals surface area contributed by atoms with Gasteiger partial charge in [0.15, 0.2) is 0 Å². The molecule has 0 aliphatic carbocycles. The maximum absolute atomic E-state index is 13.0. The number of piperazine rings is 1. The van der Waals surface area contributed by atoms with Crippen LogP contribution in [0, 0.1) is 0 Å². The fraction of sp³-hybridized carbons (Fsp3) is 0.296. The van der Waals surface area contributed by atoms with E-state index in [0.717, 1.165) is 4.31 Å². The molecule has 0 bridgehead atoms. The van der Waals surface area contributed by atoms with Crippen molar-refractivity contribution in [1.82, 2.24) is 14.1 Å². The Hall–Kier alpha value is -3.20. The zero-order valence-corrected chi connectivity index (χ0v) is 20.9. The van der Waals surface area contributed by atoms with Crippen molar-refractivity contribution in [3.8, 4) is 5.75 Å². The molecule has 0 atom stereocenters. The van der Waals surface area contributed by atoms with E-state index in [1.54, 1.807) is 17.0 Å². The highest BCUT2D eigenvalue weighted by atomic mass is 32.2. The van der Waals surface area contributed by atoms with Gasteiger partial charge in [-0.25, -0.2) is 8.42 Å². The second-order valence-electron chi connectivity index (χ2n) is 8.58. The molecule has 1 amide bonds. The minimum Gasteiger partial charge on any atom is -0.497 e. The van der Waals surface area contributed by atoms with E-state index in [9.17, 15) is 13.2 Å². The summed E-state index contributed by atoms with van der Waals surface area (Å²) in [6.45, 7) is 2.30. The van der Waals surface area contributed by atoms with Gasteiger partial charge in [-0.05, 0) is 35.4 Å². The Balaban J connectivity index is 1.40. The number of benzene rings is 3. The SMILES string of the molecule is COc1ccc(S(=O)(=O)N(C)CC(=O)N2CCN(C(c3ccccc3)c3ccccc3)CC2)cc1. The fourth-order valence-corrected chi connectivity index (χ4v) is 5.54. The van der Waals surface area contributed by atoms with Gasteiger partial charge in [0.05, 0.1) is 24.6 Å². The molecule has 1 aliphatic heterocycles. The van der Waals surface area contributed by atoms with Gasteiger partial charge in [-0.3, -0.25) is 9.69 Å². The summed E-state index contributed by atoms with van der Waals surface area (Å²) in [5.74, 6) is 0.380. The molecule has 184 valence electrons.